The van der Waals surface area contributed by atoms with Crippen molar-refractivity contribution in [2.24, 2.45) is 11.3 Å². The van der Waals surface area contributed by atoms with Gasteiger partial charge in [-0.1, -0.05) is 13.8 Å². The van der Waals surface area contributed by atoms with Crippen molar-refractivity contribution in [3.8, 4) is 6.07 Å². The van der Waals surface area contributed by atoms with E-state index in [1.807, 2.05) is 13.8 Å². The van der Waals surface area contributed by atoms with Crippen molar-refractivity contribution in [3.63, 3.8) is 0 Å². The summed E-state index contributed by atoms with van der Waals surface area (Å²) in [6.07, 6.45) is 0.756. The van der Waals surface area contributed by atoms with Crippen LogP contribution in [0.5, 0.6) is 0 Å². The average Bonchev–Trinajstić information content (AvgIpc) is 2.43. The summed E-state index contributed by atoms with van der Waals surface area (Å²) in [6.45, 7) is 5.28. The number of rotatable bonds is 5. The van der Waals surface area contributed by atoms with E-state index in [4.69, 9.17) is 4.74 Å². The number of hydrogen-bond acceptors (Lipinski definition) is 4. The second-order valence-electron chi connectivity index (χ2n) is 5.19. The van der Waals surface area contributed by atoms with Crippen LogP contribution in [0.25, 0.3) is 0 Å². The lowest BCUT2D eigenvalue weighted by Crippen LogP contribution is -2.47. The number of nitriles is 1. The Balaban J connectivity index is 2.41. The van der Waals surface area contributed by atoms with E-state index in [0.29, 0.717) is 38.5 Å². The standard InChI is InChI=1S/C13H21N3O3/c1-10(2)7-15-11(17)8-16-12(18)13(9-14)3-5-19-6-4-13/h10H,3-8H2,1-2H3,(H,15,17)(H,16,18). The number of amides is 2. The average molecular weight is 267 g/mol. The molecule has 0 radical (unpaired) electrons. The molecular formula is C13H21N3O3. The van der Waals surface area contributed by atoms with Gasteiger partial charge >= 0.3 is 0 Å². The number of nitrogens with one attached hydrogen (secondary N) is 2. The summed E-state index contributed by atoms with van der Waals surface area (Å²) in [5, 5.41) is 14.4. The van der Waals surface area contributed by atoms with E-state index < -0.39 is 5.41 Å². The first kappa shape index (κ1) is 15.4. The molecule has 2 N–H and O–H groups in total. The van der Waals surface area contributed by atoms with Gasteiger partial charge < -0.3 is 15.4 Å². The van der Waals surface area contributed by atoms with Gasteiger partial charge in [-0.2, -0.15) is 5.26 Å². The van der Waals surface area contributed by atoms with E-state index in [1.54, 1.807) is 0 Å². The molecule has 19 heavy (non-hydrogen) atoms. The fraction of sp³-hybridized carbons (Fsp3) is 0.769. The van der Waals surface area contributed by atoms with Crippen molar-refractivity contribution in [1.82, 2.24) is 10.6 Å². The fourth-order valence-corrected chi connectivity index (χ4v) is 1.82. The number of nitrogens with zero attached hydrogens (tertiary/aromatic N) is 1. The highest BCUT2D eigenvalue weighted by atomic mass is 16.5. The first-order chi connectivity index (χ1) is 9.00. The van der Waals surface area contributed by atoms with E-state index in [0.717, 1.165) is 0 Å². The Morgan fingerprint density at radius 3 is 2.47 bits per heavy atom. The minimum Gasteiger partial charge on any atom is -0.381 e. The van der Waals surface area contributed by atoms with Crippen molar-refractivity contribution in [3.05, 3.63) is 0 Å². The van der Waals surface area contributed by atoms with Crippen molar-refractivity contribution in [1.29, 1.82) is 5.26 Å². The molecule has 106 valence electrons. The summed E-state index contributed by atoms with van der Waals surface area (Å²) in [5.74, 6) is -0.249. The van der Waals surface area contributed by atoms with Gasteiger partial charge in [-0.25, -0.2) is 0 Å². The third-order valence-corrected chi connectivity index (χ3v) is 3.11. The molecule has 0 saturated carbocycles. The van der Waals surface area contributed by atoms with Gasteiger partial charge in [0.2, 0.25) is 11.8 Å². The quantitative estimate of drug-likeness (QED) is 0.744. The van der Waals surface area contributed by atoms with Crippen molar-refractivity contribution in [2.45, 2.75) is 26.7 Å². The van der Waals surface area contributed by atoms with Gasteiger partial charge in [-0.05, 0) is 18.8 Å². The van der Waals surface area contributed by atoms with Gasteiger partial charge in [-0.15, -0.1) is 0 Å². The Bertz CT molecular complexity index is 368. The number of hydrogen-bond donors (Lipinski definition) is 2. The molecule has 1 rings (SSSR count). The number of carbonyl (C=O) groups excluding carboxylic acids is 2. The lowest BCUT2D eigenvalue weighted by molar-refractivity contribution is -0.134. The van der Waals surface area contributed by atoms with Gasteiger partial charge in [0.15, 0.2) is 0 Å². The zero-order valence-electron chi connectivity index (χ0n) is 11.5. The first-order valence-electron chi connectivity index (χ1n) is 6.54. The molecule has 0 bridgehead atoms. The molecule has 0 aromatic carbocycles. The first-order valence-corrected chi connectivity index (χ1v) is 6.54. The molecule has 1 saturated heterocycles. The summed E-state index contributed by atoms with van der Waals surface area (Å²) in [4.78, 5) is 23.5. The second kappa shape index (κ2) is 7.10. The zero-order chi connectivity index (χ0) is 14.3. The van der Waals surface area contributed by atoms with E-state index in [2.05, 4.69) is 16.7 Å². The van der Waals surface area contributed by atoms with E-state index >= 15 is 0 Å². The Hall–Kier alpha value is -1.61. The molecular weight excluding hydrogens is 246 g/mol. The van der Waals surface area contributed by atoms with Crippen LogP contribution in [0, 0.1) is 22.7 Å². The molecule has 0 spiro atoms. The minimum atomic E-state index is -1.05. The summed E-state index contributed by atoms with van der Waals surface area (Å²) in [5.41, 5.74) is -1.05. The Kier molecular flexibility index (Phi) is 5.77. The highest BCUT2D eigenvalue weighted by molar-refractivity contribution is 5.89. The van der Waals surface area contributed by atoms with E-state index in [9.17, 15) is 14.9 Å². The zero-order valence-corrected chi connectivity index (χ0v) is 11.5. The predicted molar refractivity (Wildman–Crippen MR) is 69.0 cm³/mol. The smallest absolute Gasteiger partial charge is 0.241 e. The summed E-state index contributed by atoms with van der Waals surface area (Å²) in [7, 11) is 0. The Morgan fingerprint density at radius 1 is 1.32 bits per heavy atom. The maximum atomic E-state index is 12.0. The maximum Gasteiger partial charge on any atom is 0.241 e. The molecule has 0 atom stereocenters. The van der Waals surface area contributed by atoms with Crippen LogP contribution < -0.4 is 10.6 Å². The SMILES string of the molecule is CC(C)CNC(=O)CNC(=O)C1(C#N)CCOCC1. The van der Waals surface area contributed by atoms with Crippen LogP contribution in [0.15, 0.2) is 0 Å². The number of ether oxygens (including phenoxy) is 1. The summed E-state index contributed by atoms with van der Waals surface area (Å²) in [6, 6.07) is 2.07. The van der Waals surface area contributed by atoms with Gasteiger partial charge in [0.1, 0.15) is 5.41 Å². The van der Waals surface area contributed by atoms with Crippen molar-refractivity contribution >= 4 is 11.8 Å². The van der Waals surface area contributed by atoms with Gasteiger partial charge in [0.05, 0.1) is 12.6 Å². The van der Waals surface area contributed by atoms with Crippen LogP contribution in [-0.4, -0.2) is 38.1 Å². The maximum absolute atomic E-state index is 12.0. The largest absolute Gasteiger partial charge is 0.381 e. The Labute approximate surface area is 113 Å². The molecule has 6 nitrogen and oxygen atoms in total. The minimum absolute atomic E-state index is 0.0875. The lowest BCUT2D eigenvalue weighted by atomic mass is 9.81. The third-order valence-electron chi connectivity index (χ3n) is 3.11. The molecule has 1 heterocycles. The molecule has 0 aromatic rings. The molecule has 0 aliphatic carbocycles. The predicted octanol–water partition coefficient (Wildman–Crippen LogP) is 0.195. The third kappa shape index (κ3) is 4.52. The van der Waals surface area contributed by atoms with Gasteiger partial charge in [0.25, 0.3) is 0 Å². The molecule has 0 unspecified atom stereocenters. The Morgan fingerprint density at radius 2 is 1.95 bits per heavy atom. The van der Waals surface area contributed by atoms with Gasteiger partial charge in [0, 0.05) is 19.8 Å². The molecule has 1 aliphatic rings. The summed E-state index contributed by atoms with van der Waals surface area (Å²) >= 11 is 0. The number of carbonyl (C=O) groups is 2. The normalized spacial score (nSPS) is 17.6. The van der Waals surface area contributed by atoms with Crippen molar-refractivity contribution < 1.29 is 14.3 Å². The monoisotopic (exact) mass is 267 g/mol. The van der Waals surface area contributed by atoms with Crippen LogP contribution in [0.2, 0.25) is 0 Å². The van der Waals surface area contributed by atoms with E-state index in [-0.39, 0.29) is 18.4 Å². The molecule has 6 heteroatoms. The van der Waals surface area contributed by atoms with Crippen LogP contribution in [0.3, 0.4) is 0 Å². The second-order valence-corrected chi connectivity index (χ2v) is 5.19. The van der Waals surface area contributed by atoms with Gasteiger partial charge in [-0.3, -0.25) is 9.59 Å². The molecule has 1 aliphatic heterocycles. The van der Waals surface area contributed by atoms with Crippen LogP contribution >= 0.6 is 0 Å². The molecule has 1 fully saturated rings. The summed E-state index contributed by atoms with van der Waals surface area (Å²) < 4.78 is 5.16. The molecule has 2 amide bonds. The fourth-order valence-electron chi connectivity index (χ4n) is 1.82. The topological polar surface area (TPSA) is 91.2 Å². The van der Waals surface area contributed by atoms with Crippen LogP contribution in [0.1, 0.15) is 26.7 Å². The van der Waals surface area contributed by atoms with Crippen LogP contribution in [-0.2, 0) is 14.3 Å². The lowest BCUT2D eigenvalue weighted by Gasteiger charge is -2.29. The van der Waals surface area contributed by atoms with Crippen molar-refractivity contribution in [2.75, 3.05) is 26.3 Å². The van der Waals surface area contributed by atoms with Crippen LogP contribution in [0.4, 0.5) is 0 Å². The van der Waals surface area contributed by atoms with E-state index in [1.165, 1.54) is 0 Å². The molecule has 0 aromatic heterocycles. The highest BCUT2D eigenvalue weighted by Gasteiger charge is 2.40. The highest BCUT2D eigenvalue weighted by Crippen LogP contribution is 2.29.